The molecule has 4 aromatic rings. The summed E-state index contributed by atoms with van der Waals surface area (Å²) in [7, 11) is 0. The van der Waals surface area contributed by atoms with Gasteiger partial charge in [-0.25, -0.2) is 9.78 Å². The van der Waals surface area contributed by atoms with Gasteiger partial charge >= 0.3 is 12.1 Å². The normalized spacial score (nSPS) is 11.8. The molecule has 0 aliphatic carbocycles. The van der Waals surface area contributed by atoms with Gasteiger partial charge in [0.2, 0.25) is 0 Å². The number of ether oxygens (including phenoxy) is 1. The zero-order valence-corrected chi connectivity index (χ0v) is 18.3. The molecule has 0 radical (unpaired) electrons. The molecule has 1 N–H and O–H groups in total. The van der Waals surface area contributed by atoms with Crippen molar-refractivity contribution in [3.05, 3.63) is 77.1 Å². The van der Waals surface area contributed by atoms with Gasteiger partial charge in [-0.3, -0.25) is 0 Å². The minimum absolute atomic E-state index is 0.0194. The van der Waals surface area contributed by atoms with Crippen LogP contribution in [0.15, 0.2) is 60.7 Å². The lowest BCUT2D eigenvalue weighted by Gasteiger charge is -2.13. The Hall–Kier alpha value is -3.52. The molecule has 5 nitrogen and oxygen atoms in total. The standard InChI is InChI=1S/C24H18ClF3N2O3/c1-13(2)33-17-9-7-16(8-10-17)30-19-12-21(25)29-22(18(19)11-20(30)23(31)32)14-3-5-15(6-4-14)24(26,27)28/h3-13H,1-2H3,(H,31,32). The van der Waals surface area contributed by atoms with Crippen LogP contribution in [-0.2, 0) is 6.18 Å². The van der Waals surface area contributed by atoms with E-state index in [1.165, 1.54) is 28.8 Å². The second-order valence-electron chi connectivity index (χ2n) is 7.63. The number of rotatable bonds is 5. The predicted octanol–water partition coefficient (Wildman–Crippen LogP) is 6.85. The molecule has 0 atom stereocenters. The van der Waals surface area contributed by atoms with Gasteiger partial charge in [-0.2, -0.15) is 13.2 Å². The minimum Gasteiger partial charge on any atom is -0.491 e. The molecule has 0 saturated carbocycles. The summed E-state index contributed by atoms with van der Waals surface area (Å²) in [4.78, 5) is 16.3. The molecule has 0 spiro atoms. The third-order valence-electron chi connectivity index (χ3n) is 4.94. The zero-order valence-electron chi connectivity index (χ0n) is 17.5. The molecular formula is C24H18ClF3N2O3. The van der Waals surface area contributed by atoms with Crippen LogP contribution in [0.5, 0.6) is 5.75 Å². The number of aromatic nitrogens is 2. The summed E-state index contributed by atoms with van der Waals surface area (Å²) in [5.74, 6) is -0.546. The van der Waals surface area contributed by atoms with Crippen LogP contribution in [0.25, 0.3) is 27.8 Å². The lowest BCUT2D eigenvalue weighted by Crippen LogP contribution is -2.07. The van der Waals surface area contributed by atoms with Gasteiger partial charge in [-0.15, -0.1) is 0 Å². The Morgan fingerprint density at radius 1 is 1.06 bits per heavy atom. The number of aromatic carboxylic acids is 1. The maximum Gasteiger partial charge on any atom is 0.416 e. The monoisotopic (exact) mass is 474 g/mol. The van der Waals surface area contributed by atoms with Crippen molar-refractivity contribution in [2.24, 2.45) is 0 Å². The fourth-order valence-corrected chi connectivity index (χ4v) is 3.78. The number of carboxylic acids is 1. The van der Waals surface area contributed by atoms with Crippen LogP contribution in [0, 0.1) is 0 Å². The average Bonchev–Trinajstić information content (AvgIpc) is 3.12. The number of hydrogen-bond donors (Lipinski definition) is 1. The van der Waals surface area contributed by atoms with E-state index in [0.717, 1.165) is 12.1 Å². The maximum absolute atomic E-state index is 13.0. The molecule has 0 saturated heterocycles. The van der Waals surface area contributed by atoms with Gasteiger partial charge in [0.05, 0.1) is 22.9 Å². The highest BCUT2D eigenvalue weighted by atomic mass is 35.5. The van der Waals surface area contributed by atoms with Crippen LogP contribution in [0.3, 0.4) is 0 Å². The third-order valence-corrected chi connectivity index (χ3v) is 5.13. The molecule has 0 bridgehead atoms. The highest BCUT2D eigenvalue weighted by molar-refractivity contribution is 6.30. The summed E-state index contributed by atoms with van der Waals surface area (Å²) in [6, 6.07) is 14.3. The van der Waals surface area contributed by atoms with Crippen molar-refractivity contribution in [2.75, 3.05) is 0 Å². The number of carbonyl (C=O) groups is 1. The molecule has 2 aromatic heterocycles. The van der Waals surface area contributed by atoms with E-state index in [2.05, 4.69) is 4.98 Å². The predicted molar refractivity (Wildman–Crippen MR) is 119 cm³/mol. The Morgan fingerprint density at radius 3 is 2.24 bits per heavy atom. The Bertz CT molecular complexity index is 1330. The van der Waals surface area contributed by atoms with E-state index in [4.69, 9.17) is 16.3 Å². The molecule has 0 aliphatic heterocycles. The molecule has 0 fully saturated rings. The molecule has 0 aliphatic rings. The van der Waals surface area contributed by atoms with E-state index in [0.29, 0.717) is 27.9 Å². The van der Waals surface area contributed by atoms with Crippen molar-refractivity contribution >= 4 is 28.5 Å². The van der Waals surface area contributed by atoms with Crippen LogP contribution in [0.1, 0.15) is 29.9 Å². The first-order chi connectivity index (χ1) is 15.5. The van der Waals surface area contributed by atoms with Gasteiger partial charge in [-0.1, -0.05) is 23.7 Å². The van der Waals surface area contributed by atoms with Crippen molar-refractivity contribution < 1.29 is 27.8 Å². The highest BCUT2D eigenvalue weighted by Gasteiger charge is 2.30. The van der Waals surface area contributed by atoms with Gasteiger partial charge in [-0.05, 0) is 56.3 Å². The van der Waals surface area contributed by atoms with E-state index in [-0.39, 0.29) is 22.6 Å². The minimum atomic E-state index is -4.47. The molecule has 4 rings (SSSR count). The molecule has 0 amide bonds. The first-order valence-corrected chi connectivity index (χ1v) is 10.3. The smallest absolute Gasteiger partial charge is 0.416 e. The summed E-state index contributed by atoms with van der Waals surface area (Å²) >= 11 is 6.24. The van der Waals surface area contributed by atoms with Crippen molar-refractivity contribution in [1.82, 2.24) is 9.55 Å². The largest absolute Gasteiger partial charge is 0.491 e. The Balaban J connectivity index is 1.90. The number of alkyl halides is 3. The van der Waals surface area contributed by atoms with Crippen molar-refractivity contribution in [3.8, 4) is 22.7 Å². The summed E-state index contributed by atoms with van der Waals surface area (Å²) in [5.41, 5.74) is 0.841. The van der Waals surface area contributed by atoms with Gasteiger partial charge in [0, 0.05) is 22.7 Å². The lowest BCUT2D eigenvalue weighted by molar-refractivity contribution is -0.137. The van der Waals surface area contributed by atoms with E-state index in [1.807, 2.05) is 13.8 Å². The molecule has 2 aromatic carbocycles. The van der Waals surface area contributed by atoms with Crippen molar-refractivity contribution in [2.45, 2.75) is 26.1 Å². The first-order valence-electron chi connectivity index (χ1n) is 9.94. The van der Waals surface area contributed by atoms with Crippen LogP contribution in [0.2, 0.25) is 5.15 Å². The van der Waals surface area contributed by atoms with Crippen LogP contribution >= 0.6 is 11.6 Å². The number of carboxylic acid groups (broad SMARTS) is 1. The number of hydrogen-bond acceptors (Lipinski definition) is 3. The summed E-state index contributed by atoms with van der Waals surface area (Å²) in [5, 5.41) is 10.4. The molecule has 2 heterocycles. The number of halogens is 4. The van der Waals surface area contributed by atoms with E-state index < -0.39 is 17.7 Å². The van der Waals surface area contributed by atoms with Gasteiger partial charge in [0.1, 0.15) is 16.6 Å². The molecule has 33 heavy (non-hydrogen) atoms. The SMILES string of the molecule is CC(C)Oc1ccc(-n2c(C(=O)O)cc3c(-c4ccc(C(F)(F)F)cc4)nc(Cl)cc32)cc1. The summed E-state index contributed by atoms with van der Waals surface area (Å²) in [6.45, 7) is 3.79. The fourth-order valence-electron chi connectivity index (χ4n) is 3.59. The summed E-state index contributed by atoms with van der Waals surface area (Å²) in [6.07, 6.45) is -4.49. The van der Waals surface area contributed by atoms with Crippen LogP contribution in [0.4, 0.5) is 13.2 Å². The van der Waals surface area contributed by atoms with E-state index >= 15 is 0 Å². The molecule has 0 unspecified atom stereocenters. The highest BCUT2D eigenvalue weighted by Crippen LogP contribution is 2.36. The molecule has 9 heteroatoms. The topological polar surface area (TPSA) is 64.3 Å². The zero-order chi connectivity index (χ0) is 23.9. The van der Waals surface area contributed by atoms with Crippen LogP contribution in [-0.4, -0.2) is 26.7 Å². The quantitative estimate of drug-likeness (QED) is 0.321. The average molecular weight is 475 g/mol. The Kier molecular flexibility index (Phi) is 5.80. The number of benzene rings is 2. The fraction of sp³-hybridized carbons (Fsp3) is 0.167. The Labute approximate surface area is 192 Å². The van der Waals surface area contributed by atoms with Crippen molar-refractivity contribution in [1.29, 1.82) is 0 Å². The van der Waals surface area contributed by atoms with Gasteiger partial charge in [0.25, 0.3) is 0 Å². The Morgan fingerprint density at radius 2 is 1.70 bits per heavy atom. The van der Waals surface area contributed by atoms with Gasteiger partial charge in [0.15, 0.2) is 0 Å². The van der Waals surface area contributed by atoms with Crippen molar-refractivity contribution in [3.63, 3.8) is 0 Å². The number of nitrogens with zero attached hydrogens (tertiary/aromatic N) is 2. The molecular weight excluding hydrogens is 457 g/mol. The summed E-state index contributed by atoms with van der Waals surface area (Å²) < 4.78 is 46.0. The number of fused-ring (bicyclic) bond motifs is 1. The third kappa shape index (κ3) is 4.52. The first kappa shape index (κ1) is 22.7. The number of pyridine rings is 1. The maximum atomic E-state index is 13.0. The second-order valence-corrected chi connectivity index (χ2v) is 8.02. The van der Waals surface area contributed by atoms with E-state index in [1.54, 1.807) is 24.3 Å². The van der Waals surface area contributed by atoms with Gasteiger partial charge < -0.3 is 14.4 Å². The van der Waals surface area contributed by atoms with Crippen LogP contribution < -0.4 is 4.74 Å². The molecule has 170 valence electrons. The second kappa shape index (κ2) is 8.44. The lowest BCUT2D eigenvalue weighted by atomic mass is 10.1. The van der Waals surface area contributed by atoms with E-state index in [9.17, 15) is 23.1 Å².